The molecule has 2 aliphatic rings. The molecule has 1 aromatic rings. The van der Waals surface area contributed by atoms with E-state index in [1.165, 1.54) is 16.7 Å². The maximum atomic E-state index is 13.2. The number of hydrogen-bond donors (Lipinski definition) is 0. The number of likely N-dealkylation sites (tertiary alicyclic amines) is 2. The molecule has 1 atom stereocenters. The van der Waals surface area contributed by atoms with Crippen LogP contribution in [0.15, 0.2) is 18.2 Å². The molecule has 2 fully saturated rings. The Morgan fingerprint density at radius 1 is 1.19 bits per heavy atom. The Morgan fingerprint density at radius 3 is 2.63 bits per heavy atom. The van der Waals surface area contributed by atoms with Crippen LogP contribution in [-0.2, 0) is 20.7 Å². The zero-order chi connectivity index (χ0) is 19.4. The molecule has 148 valence electrons. The molecule has 5 heteroatoms. The van der Waals surface area contributed by atoms with Crippen molar-refractivity contribution < 1.29 is 14.3 Å². The van der Waals surface area contributed by atoms with Crippen molar-refractivity contribution in [2.45, 2.75) is 57.9 Å². The quantitative estimate of drug-likeness (QED) is 0.771. The van der Waals surface area contributed by atoms with E-state index in [9.17, 15) is 9.59 Å². The molecule has 2 saturated heterocycles. The van der Waals surface area contributed by atoms with Crippen molar-refractivity contribution >= 4 is 11.8 Å². The first-order chi connectivity index (χ1) is 13.0. The van der Waals surface area contributed by atoms with Crippen LogP contribution in [0.3, 0.4) is 0 Å². The van der Waals surface area contributed by atoms with Gasteiger partial charge in [-0.05, 0) is 57.1 Å². The summed E-state index contributed by atoms with van der Waals surface area (Å²) in [5.74, 6) is 0.248. The van der Waals surface area contributed by atoms with Crippen LogP contribution in [0.5, 0.6) is 0 Å². The Balaban J connectivity index is 1.69. The highest BCUT2D eigenvalue weighted by molar-refractivity contribution is 5.92. The Morgan fingerprint density at radius 2 is 1.93 bits per heavy atom. The summed E-state index contributed by atoms with van der Waals surface area (Å²) in [6.45, 7) is 6.82. The molecule has 0 bridgehead atoms. The van der Waals surface area contributed by atoms with E-state index in [0.29, 0.717) is 26.1 Å². The predicted octanol–water partition coefficient (Wildman–Crippen LogP) is 2.87. The molecule has 1 unspecified atom stereocenters. The molecular weight excluding hydrogens is 340 g/mol. The van der Waals surface area contributed by atoms with Gasteiger partial charge in [0.1, 0.15) is 5.54 Å². The zero-order valence-corrected chi connectivity index (χ0v) is 16.9. The zero-order valence-electron chi connectivity index (χ0n) is 16.9. The summed E-state index contributed by atoms with van der Waals surface area (Å²) in [6, 6.07) is 6.38. The van der Waals surface area contributed by atoms with Crippen molar-refractivity contribution in [2.75, 3.05) is 33.4 Å². The lowest BCUT2D eigenvalue weighted by atomic mass is 9.85. The van der Waals surface area contributed by atoms with Crippen LogP contribution in [-0.4, -0.2) is 60.5 Å². The molecule has 0 aliphatic carbocycles. The average Bonchev–Trinajstić information content (AvgIpc) is 3.06. The summed E-state index contributed by atoms with van der Waals surface area (Å²) in [5.41, 5.74) is 3.09. The smallest absolute Gasteiger partial charge is 0.248 e. The number of carbonyl (C=O) groups excluding carboxylic acids is 2. The molecule has 27 heavy (non-hydrogen) atoms. The minimum absolute atomic E-state index is 0.120. The summed E-state index contributed by atoms with van der Waals surface area (Å²) in [6.07, 6.45) is 4.67. The van der Waals surface area contributed by atoms with Crippen molar-refractivity contribution in [3.8, 4) is 0 Å². The number of hydrogen-bond acceptors (Lipinski definition) is 3. The van der Waals surface area contributed by atoms with Crippen LogP contribution in [0.4, 0.5) is 0 Å². The van der Waals surface area contributed by atoms with Crippen molar-refractivity contribution in [3.05, 3.63) is 34.9 Å². The lowest BCUT2D eigenvalue weighted by Gasteiger charge is -2.44. The fourth-order valence-electron chi connectivity index (χ4n) is 4.71. The molecular formula is C22H32N2O3. The SMILES string of the molecule is COCCN1CCCC2(CCCN2C(=O)CCc2ccc(C)cc2C)C1=O. The standard InChI is InChI=1S/C22H32N2O3/c1-17-6-7-19(18(2)16-17)8-9-20(25)24-13-5-11-22(24)10-4-12-23(21(22)26)14-15-27-3/h6-7,16H,4-5,8-15H2,1-3H3. The number of nitrogens with zero attached hydrogens (tertiary/aromatic N) is 2. The molecule has 3 rings (SSSR count). The van der Waals surface area contributed by atoms with Crippen molar-refractivity contribution in [3.63, 3.8) is 0 Å². The van der Waals surface area contributed by atoms with Gasteiger partial charge in [-0.2, -0.15) is 0 Å². The molecule has 1 spiro atoms. The van der Waals surface area contributed by atoms with Crippen LogP contribution in [0.25, 0.3) is 0 Å². The highest BCUT2D eigenvalue weighted by atomic mass is 16.5. The van der Waals surface area contributed by atoms with Crippen LogP contribution in [0.2, 0.25) is 0 Å². The summed E-state index contributed by atoms with van der Waals surface area (Å²) < 4.78 is 5.15. The molecule has 0 radical (unpaired) electrons. The van der Waals surface area contributed by atoms with Gasteiger partial charge in [0.25, 0.3) is 0 Å². The second-order valence-electron chi connectivity index (χ2n) is 8.00. The van der Waals surface area contributed by atoms with Gasteiger partial charge in [-0.1, -0.05) is 23.8 Å². The topological polar surface area (TPSA) is 49.9 Å². The number of aryl methyl sites for hydroxylation is 3. The lowest BCUT2D eigenvalue weighted by Crippen LogP contribution is -2.61. The van der Waals surface area contributed by atoms with E-state index >= 15 is 0 Å². The molecule has 1 aromatic carbocycles. The Hall–Kier alpha value is -1.88. The van der Waals surface area contributed by atoms with Gasteiger partial charge in [0.2, 0.25) is 11.8 Å². The van der Waals surface area contributed by atoms with Gasteiger partial charge in [-0.15, -0.1) is 0 Å². The van der Waals surface area contributed by atoms with Gasteiger partial charge in [0.15, 0.2) is 0 Å². The van der Waals surface area contributed by atoms with Gasteiger partial charge < -0.3 is 14.5 Å². The van der Waals surface area contributed by atoms with Crippen molar-refractivity contribution in [1.29, 1.82) is 0 Å². The fourth-order valence-corrected chi connectivity index (χ4v) is 4.71. The van der Waals surface area contributed by atoms with Gasteiger partial charge >= 0.3 is 0 Å². The minimum Gasteiger partial charge on any atom is -0.383 e. The predicted molar refractivity (Wildman–Crippen MR) is 106 cm³/mol. The summed E-state index contributed by atoms with van der Waals surface area (Å²) in [4.78, 5) is 30.1. The van der Waals surface area contributed by atoms with E-state index in [4.69, 9.17) is 4.74 Å². The number of methoxy groups -OCH3 is 1. The number of amides is 2. The maximum Gasteiger partial charge on any atom is 0.248 e. The molecule has 0 aromatic heterocycles. The summed E-state index contributed by atoms with van der Waals surface area (Å²) in [5, 5.41) is 0. The van der Waals surface area contributed by atoms with E-state index in [1.54, 1.807) is 7.11 Å². The molecule has 2 heterocycles. The third-order valence-electron chi connectivity index (χ3n) is 6.17. The number of carbonyl (C=O) groups is 2. The molecule has 0 saturated carbocycles. The average molecular weight is 373 g/mol. The largest absolute Gasteiger partial charge is 0.383 e. The van der Waals surface area contributed by atoms with Gasteiger partial charge in [-0.3, -0.25) is 9.59 Å². The Bertz CT molecular complexity index is 703. The third kappa shape index (κ3) is 4.03. The molecule has 2 aliphatic heterocycles. The van der Waals surface area contributed by atoms with Gasteiger partial charge in [0.05, 0.1) is 6.61 Å². The second-order valence-corrected chi connectivity index (χ2v) is 8.00. The number of benzene rings is 1. The Labute approximate surface area is 162 Å². The monoisotopic (exact) mass is 372 g/mol. The lowest BCUT2D eigenvalue weighted by molar-refractivity contribution is -0.155. The van der Waals surface area contributed by atoms with Gasteiger partial charge in [0, 0.05) is 33.2 Å². The molecule has 0 N–H and O–H groups in total. The van der Waals surface area contributed by atoms with Crippen LogP contribution in [0.1, 0.15) is 48.8 Å². The highest BCUT2D eigenvalue weighted by Crippen LogP contribution is 2.38. The first-order valence-corrected chi connectivity index (χ1v) is 10.1. The molecule has 2 amide bonds. The number of ether oxygens (including phenoxy) is 1. The van der Waals surface area contributed by atoms with E-state index in [-0.39, 0.29) is 11.8 Å². The number of piperidine rings is 1. The van der Waals surface area contributed by atoms with Crippen LogP contribution < -0.4 is 0 Å². The van der Waals surface area contributed by atoms with Crippen LogP contribution >= 0.6 is 0 Å². The highest BCUT2D eigenvalue weighted by Gasteiger charge is 2.52. The summed E-state index contributed by atoms with van der Waals surface area (Å²) in [7, 11) is 1.66. The van der Waals surface area contributed by atoms with Gasteiger partial charge in [-0.25, -0.2) is 0 Å². The second kappa shape index (κ2) is 8.42. The fraction of sp³-hybridized carbons (Fsp3) is 0.636. The van der Waals surface area contributed by atoms with E-state index < -0.39 is 5.54 Å². The van der Waals surface area contributed by atoms with E-state index in [2.05, 4.69) is 32.0 Å². The minimum atomic E-state index is -0.606. The molecule has 5 nitrogen and oxygen atoms in total. The van der Waals surface area contributed by atoms with E-state index in [0.717, 1.165) is 38.6 Å². The first kappa shape index (κ1) is 19.9. The van der Waals surface area contributed by atoms with Crippen LogP contribution in [0, 0.1) is 13.8 Å². The number of rotatable bonds is 6. The Kier molecular flexibility index (Phi) is 6.20. The van der Waals surface area contributed by atoms with E-state index in [1.807, 2.05) is 9.80 Å². The van der Waals surface area contributed by atoms with Crippen molar-refractivity contribution in [2.24, 2.45) is 0 Å². The maximum absolute atomic E-state index is 13.2. The summed E-state index contributed by atoms with van der Waals surface area (Å²) >= 11 is 0. The van der Waals surface area contributed by atoms with Crippen molar-refractivity contribution in [1.82, 2.24) is 9.80 Å². The third-order valence-corrected chi connectivity index (χ3v) is 6.17. The normalized spacial score (nSPS) is 22.7. The first-order valence-electron chi connectivity index (χ1n) is 10.1.